The Morgan fingerprint density at radius 3 is 2.39 bits per heavy atom. The lowest BCUT2D eigenvalue weighted by molar-refractivity contribution is -0.137. The largest absolute Gasteiger partial charge is 0.416 e. The molecule has 1 aliphatic rings. The van der Waals surface area contributed by atoms with Crippen molar-refractivity contribution in [3.8, 4) is 0 Å². The van der Waals surface area contributed by atoms with E-state index < -0.39 is 11.7 Å². The van der Waals surface area contributed by atoms with E-state index in [2.05, 4.69) is 10.6 Å². The van der Waals surface area contributed by atoms with E-state index >= 15 is 0 Å². The van der Waals surface area contributed by atoms with Gasteiger partial charge in [0.15, 0.2) is 0 Å². The zero-order chi connectivity index (χ0) is 13.2. The third-order valence-corrected chi connectivity index (χ3v) is 2.85. The smallest absolute Gasteiger partial charge is 0.381 e. The molecule has 1 amide bonds. The quantitative estimate of drug-likeness (QED) is 0.855. The molecule has 0 aliphatic carbocycles. The number of alkyl halides is 3. The summed E-state index contributed by atoms with van der Waals surface area (Å²) >= 11 is 0. The highest BCUT2D eigenvalue weighted by Crippen LogP contribution is 2.30. The summed E-state index contributed by atoms with van der Waals surface area (Å²) in [5.74, 6) is 0.0143. The Bertz CT molecular complexity index is 418. The number of amides is 1. The molecule has 1 atom stereocenters. The molecule has 1 fully saturated rings. The summed E-state index contributed by atoms with van der Waals surface area (Å²) in [7, 11) is 0. The first kappa shape index (κ1) is 12.7. The molecule has 98 valence electrons. The molecule has 18 heavy (non-hydrogen) atoms. The lowest BCUT2D eigenvalue weighted by Gasteiger charge is -2.24. The Morgan fingerprint density at radius 2 is 1.89 bits per heavy atom. The Balaban J connectivity index is 1.96. The number of nitrogens with one attached hydrogen (secondary N) is 2. The summed E-state index contributed by atoms with van der Waals surface area (Å²) in [5, 5.41) is 5.80. The summed E-state index contributed by atoms with van der Waals surface area (Å²) in [4.78, 5) is 11.0. The molecule has 1 unspecified atom stereocenters. The van der Waals surface area contributed by atoms with Gasteiger partial charge in [-0.1, -0.05) is 0 Å². The number of halogens is 3. The Hall–Kier alpha value is -1.72. The molecule has 0 aromatic heterocycles. The van der Waals surface area contributed by atoms with E-state index in [1.807, 2.05) is 0 Å². The summed E-state index contributed by atoms with van der Waals surface area (Å²) in [6, 6.07) is 4.96. The highest BCUT2D eigenvalue weighted by Gasteiger charge is 2.30. The van der Waals surface area contributed by atoms with Crippen LogP contribution in [-0.2, 0) is 11.0 Å². The SMILES string of the molecule is O=C1CCC(Nc2ccc(C(F)(F)F)cc2)CN1. The van der Waals surface area contributed by atoms with Crippen molar-refractivity contribution >= 4 is 11.6 Å². The first-order chi connectivity index (χ1) is 8.45. The lowest BCUT2D eigenvalue weighted by Crippen LogP contribution is -2.41. The van der Waals surface area contributed by atoms with Crippen LogP contribution in [0, 0.1) is 0 Å². The Labute approximate surface area is 102 Å². The maximum Gasteiger partial charge on any atom is 0.416 e. The van der Waals surface area contributed by atoms with Gasteiger partial charge >= 0.3 is 6.18 Å². The van der Waals surface area contributed by atoms with Crippen LogP contribution in [0.15, 0.2) is 24.3 Å². The van der Waals surface area contributed by atoms with Gasteiger partial charge in [-0.15, -0.1) is 0 Å². The maximum absolute atomic E-state index is 12.4. The van der Waals surface area contributed by atoms with Gasteiger partial charge < -0.3 is 10.6 Å². The van der Waals surface area contributed by atoms with Crippen LogP contribution in [0.5, 0.6) is 0 Å². The van der Waals surface area contributed by atoms with E-state index in [9.17, 15) is 18.0 Å². The van der Waals surface area contributed by atoms with Gasteiger partial charge in [-0.2, -0.15) is 13.2 Å². The fraction of sp³-hybridized carbons (Fsp3) is 0.417. The van der Waals surface area contributed by atoms with Gasteiger partial charge in [0.2, 0.25) is 5.91 Å². The van der Waals surface area contributed by atoms with Crippen molar-refractivity contribution < 1.29 is 18.0 Å². The predicted octanol–water partition coefficient (Wildman–Crippen LogP) is 2.40. The van der Waals surface area contributed by atoms with Crippen LogP contribution in [0.4, 0.5) is 18.9 Å². The van der Waals surface area contributed by atoms with E-state index in [-0.39, 0.29) is 11.9 Å². The van der Waals surface area contributed by atoms with Crippen LogP contribution >= 0.6 is 0 Å². The van der Waals surface area contributed by atoms with E-state index in [1.165, 1.54) is 12.1 Å². The summed E-state index contributed by atoms with van der Waals surface area (Å²) in [6.45, 7) is 0.500. The molecule has 1 aliphatic heterocycles. The molecule has 2 N–H and O–H groups in total. The van der Waals surface area contributed by atoms with Gasteiger partial charge in [0, 0.05) is 24.7 Å². The number of carbonyl (C=O) groups is 1. The second-order valence-corrected chi connectivity index (χ2v) is 4.26. The molecule has 1 heterocycles. The molecule has 0 spiro atoms. The summed E-state index contributed by atoms with van der Waals surface area (Å²) in [5.41, 5.74) is -0.0332. The number of hydrogen-bond donors (Lipinski definition) is 2. The van der Waals surface area contributed by atoms with Crippen LogP contribution in [0.1, 0.15) is 18.4 Å². The monoisotopic (exact) mass is 258 g/mol. The van der Waals surface area contributed by atoms with Gasteiger partial charge in [-0.25, -0.2) is 0 Å². The minimum atomic E-state index is -4.31. The third kappa shape index (κ3) is 3.15. The average Bonchev–Trinajstić information content (AvgIpc) is 2.32. The summed E-state index contributed by atoms with van der Waals surface area (Å²) in [6.07, 6.45) is -3.18. The molecule has 2 rings (SSSR count). The van der Waals surface area contributed by atoms with E-state index in [0.717, 1.165) is 12.1 Å². The van der Waals surface area contributed by atoms with Crippen LogP contribution < -0.4 is 10.6 Å². The Kier molecular flexibility index (Phi) is 3.45. The van der Waals surface area contributed by atoms with Crippen LogP contribution in [0.2, 0.25) is 0 Å². The number of piperidine rings is 1. The Morgan fingerprint density at radius 1 is 1.22 bits per heavy atom. The van der Waals surface area contributed by atoms with E-state index in [4.69, 9.17) is 0 Å². The van der Waals surface area contributed by atoms with Crippen molar-refractivity contribution in [1.29, 1.82) is 0 Å². The normalized spacial score (nSPS) is 20.4. The highest BCUT2D eigenvalue weighted by molar-refractivity contribution is 5.77. The topological polar surface area (TPSA) is 41.1 Å². The number of anilines is 1. The molecular formula is C12H13F3N2O. The molecular weight excluding hydrogens is 245 g/mol. The zero-order valence-electron chi connectivity index (χ0n) is 9.55. The average molecular weight is 258 g/mol. The first-order valence-electron chi connectivity index (χ1n) is 5.65. The molecule has 0 bridgehead atoms. The third-order valence-electron chi connectivity index (χ3n) is 2.85. The van der Waals surface area contributed by atoms with Crippen molar-refractivity contribution in [1.82, 2.24) is 5.32 Å². The van der Waals surface area contributed by atoms with Crippen LogP contribution in [0.25, 0.3) is 0 Å². The number of rotatable bonds is 2. The first-order valence-corrected chi connectivity index (χ1v) is 5.65. The fourth-order valence-corrected chi connectivity index (χ4v) is 1.85. The van der Waals surface area contributed by atoms with Crippen molar-refractivity contribution in [3.05, 3.63) is 29.8 Å². The molecule has 1 saturated heterocycles. The van der Waals surface area contributed by atoms with Crippen LogP contribution in [0.3, 0.4) is 0 Å². The molecule has 3 nitrogen and oxygen atoms in total. The molecule has 1 aromatic carbocycles. The molecule has 0 saturated carbocycles. The standard InChI is InChI=1S/C12H13F3N2O/c13-12(14,15)8-1-3-9(4-2-8)17-10-5-6-11(18)16-7-10/h1-4,10,17H,5-7H2,(H,16,18). The summed E-state index contributed by atoms with van der Waals surface area (Å²) < 4.78 is 37.1. The minimum Gasteiger partial charge on any atom is -0.381 e. The molecule has 1 aromatic rings. The maximum atomic E-state index is 12.4. The van der Waals surface area contributed by atoms with E-state index in [1.54, 1.807) is 0 Å². The zero-order valence-corrected chi connectivity index (χ0v) is 9.55. The number of hydrogen-bond acceptors (Lipinski definition) is 2. The van der Waals surface area contributed by atoms with Gasteiger partial charge in [-0.3, -0.25) is 4.79 Å². The van der Waals surface area contributed by atoms with Gasteiger partial charge in [0.1, 0.15) is 0 Å². The number of benzene rings is 1. The van der Waals surface area contributed by atoms with Crippen molar-refractivity contribution in [2.24, 2.45) is 0 Å². The fourth-order valence-electron chi connectivity index (χ4n) is 1.85. The second-order valence-electron chi connectivity index (χ2n) is 4.26. The van der Waals surface area contributed by atoms with Crippen molar-refractivity contribution in [2.75, 3.05) is 11.9 Å². The lowest BCUT2D eigenvalue weighted by atomic mass is 10.1. The van der Waals surface area contributed by atoms with Crippen molar-refractivity contribution in [3.63, 3.8) is 0 Å². The van der Waals surface area contributed by atoms with Gasteiger partial charge in [0.05, 0.1) is 5.56 Å². The van der Waals surface area contributed by atoms with Gasteiger partial charge in [-0.05, 0) is 30.7 Å². The molecule has 0 radical (unpaired) electrons. The molecule has 6 heteroatoms. The number of carbonyl (C=O) groups excluding carboxylic acids is 1. The minimum absolute atomic E-state index is 0.0143. The second kappa shape index (κ2) is 4.88. The van der Waals surface area contributed by atoms with Crippen molar-refractivity contribution in [2.45, 2.75) is 25.1 Å². The van der Waals surface area contributed by atoms with E-state index in [0.29, 0.717) is 25.1 Å². The van der Waals surface area contributed by atoms with Gasteiger partial charge in [0.25, 0.3) is 0 Å². The highest BCUT2D eigenvalue weighted by atomic mass is 19.4. The predicted molar refractivity (Wildman–Crippen MR) is 61.1 cm³/mol. The van der Waals surface area contributed by atoms with Crippen LogP contribution in [-0.4, -0.2) is 18.5 Å².